The summed E-state index contributed by atoms with van der Waals surface area (Å²) in [7, 11) is 0. The van der Waals surface area contributed by atoms with Crippen LogP contribution in [0.5, 0.6) is 0 Å². The molecule has 28 heavy (non-hydrogen) atoms. The summed E-state index contributed by atoms with van der Waals surface area (Å²) in [5.41, 5.74) is 3.86. The number of rotatable bonds is 4. The molecule has 3 aromatic rings. The minimum Gasteiger partial charge on any atom is -0.478 e. The predicted octanol–water partition coefficient (Wildman–Crippen LogP) is 5.37. The van der Waals surface area contributed by atoms with Gasteiger partial charge in [0, 0.05) is 11.5 Å². The maximum Gasteiger partial charge on any atom is 0.337 e. The van der Waals surface area contributed by atoms with Crippen LogP contribution in [-0.2, 0) is 5.41 Å². The second-order valence-electron chi connectivity index (χ2n) is 7.99. The minimum absolute atomic E-state index is 0.133. The van der Waals surface area contributed by atoms with E-state index in [1.165, 1.54) is 12.1 Å². The van der Waals surface area contributed by atoms with E-state index < -0.39 is 11.8 Å². The van der Waals surface area contributed by atoms with Crippen LogP contribution >= 0.6 is 0 Å². The zero-order valence-corrected chi connectivity index (χ0v) is 16.7. The Kier molecular flexibility index (Phi) is 4.98. The molecule has 1 heterocycles. The van der Waals surface area contributed by atoms with Crippen LogP contribution in [-0.4, -0.2) is 20.9 Å². The Hall–Kier alpha value is -3.15. The van der Waals surface area contributed by atoms with Crippen molar-refractivity contribution in [1.82, 2.24) is 9.78 Å². The zero-order valence-electron chi connectivity index (χ0n) is 16.7. The lowest BCUT2D eigenvalue weighted by Gasteiger charge is -2.15. The average molecular weight is 381 g/mol. The molecule has 0 amide bonds. The number of hydrogen-bond donors (Lipinski definition) is 2. The number of anilines is 2. The van der Waals surface area contributed by atoms with Crippen LogP contribution in [0, 0.1) is 19.7 Å². The largest absolute Gasteiger partial charge is 0.478 e. The molecule has 0 unspecified atom stereocenters. The first-order valence-corrected chi connectivity index (χ1v) is 9.04. The fourth-order valence-corrected chi connectivity index (χ4v) is 2.91. The van der Waals surface area contributed by atoms with Crippen molar-refractivity contribution in [2.45, 2.75) is 40.0 Å². The van der Waals surface area contributed by atoms with Gasteiger partial charge in [0.2, 0.25) is 0 Å². The normalized spacial score (nSPS) is 11.5. The molecule has 0 saturated heterocycles. The molecule has 3 rings (SSSR count). The second kappa shape index (κ2) is 7.11. The lowest BCUT2D eigenvalue weighted by molar-refractivity contribution is 0.0697. The smallest absolute Gasteiger partial charge is 0.337 e. The van der Waals surface area contributed by atoms with Gasteiger partial charge in [-0.05, 0) is 49.2 Å². The molecule has 0 aliphatic rings. The Morgan fingerprint density at radius 1 is 1.11 bits per heavy atom. The Morgan fingerprint density at radius 3 is 2.46 bits per heavy atom. The van der Waals surface area contributed by atoms with E-state index in [4.69, 9.17) is 5.10 Å². The summed E-state index contributed by atoms with van der Waals surface area (Å²) < 4.78 is 15.3. The van der Waals surface area contributed by atoms with Gasteiger partial charge in [0.25, 0.3) is 0 Å². The lowest BCUT2D eigenvalue weighted by atomic mass is 9.92. The molecule has 0 aliphatic heterocycles. The standard InChI is InChI=1S/C22H24FN3O2/c1-13-6-7-14(2)18(10-13)26-20(12-19(25-26)22(3,4)5)24-17-9-8-15(23)11-16(17)21(27)28/h6-12,24H,1-5H3,(H,27,28). The number of hydrogen-bond acceptors (Lipinski definition) is 3. The molecule has 0 saturated carbocycles. The third kappa shape index (κ3) is 3.91. The quantitative estimate of drug-likeness (QED) is 0.638. The summed E-state index contributed by atoms with van der Waals surface area (Å²) in [4.78, 5) is 11.6. The summed E-state index contributed by atoms with van der Waals surface area (Å²) >= 11 is 0. The Morgan fingerprint density at radius 2 is 1.82 bits per heavy atom. The van der Waals surface area contributed by atoms with Gasteiger partial charge < -0.3 is 10.4 Å². The van der Waals surface area contributed by atoms with Crippen LogP contribution in [0.1, 0.15) is 48.0 Å². The lowest BCUT2D eigenvalue weighted by Crippen LogP contribution is -2.13. The Balaban J connectivity index is 2.17. The maximum absolute atomic E-state index is 13.5. The number of aromatic carboxylic acids is 1. The van der Waals surface area contributed by atoms with Crippen molar-refractivity contribution in [2.75, 3.05) is 5.32 Å². The van der Waals surface area contributed by atoms with Crippen molar-refractivity contribution < 1.29 is 14.3 Å². The summed E-state index contributed by atoms with van der Waals surface area (Å²) in [5, 5.41) is 17.4. The van der Waals surface area contributed by atoms with E-state index in [2.05, 4.69) is 26.1 Å². The Labute approximate surface area is 163 Å². The number of carboxylic acid groups (broad SMARTS) is 1. The number of nitrogens with one attached hydrogen (secondary N) is 1. The fraction of sp³-hybridized carbons (Fsp3) is 0.273. The highest BCUT2D eigenvalue weighted by Gasteiger charge is 2.22. The van der Waals surface area contributed by atoms with Gasteiger partial charge in [-0.25, -0.2) is 13.9 Å². The van der Waals surface area contributed by atoms with E-state index >= 15 is 0 Å². The van der Waals surface area contributed by atoms with Gasteiger partial charge in [-0.15, -0.1) is 0 Å². The van der Waals surface area contributed by atoms with Gasteiger partial charge in [-0.3, -0.25) is 0 Å². The van der Waals surface area contributed by atoms with Crippen LogP contribution in [0.15, 0.2) is 42.5 Å². The molecule has 2 N–H and O–H groups in total. The van der Waals surface area contributed by atoms with Gasteiger partial charge in [0.1, 0.15) is 11.6 Å². The molecular weight excluding hydrogens is 357 g/mol. The third-order valence-electron chi connectivity index (χ3n) is 4.55. The molecule has 1 aromatic heterocycles. The fourth-order valence-electron chi connectivity index (χ4n) is 2.91. The number of carboxylic acids is 1. The second-order valence-corrected chi connectivity index (χ2v) is 7.99. The van der Waals surface area contributed by atoms with Crippen LogP contribution in [0.3, 0.4) is 0 Å². The highest BCUT2D eigenvalue weighted by molar-refractivity contribution is 5.95. The molecule has 6 heteroatoms. The van der Waals surface area contributed by atoms with E-state index in [1.54, 1.807) is 4.68 Å². The number of aryl methyl sites for hydroxylation is 2. The zero-order chi connectivity index (χ0) is 20.6. The predicted molar refractivity (Wildman–Crippen MR) is 108 cm³/mol. The molecule has 0 bridgehead atoms. The maximum atomic E-state index is 13.5. The molecule has 5 nitrogen and oxygen atoms in total. The van der Waals surface area contributed by atoms with Gasteiger partial charge in [-0.2, -0.15) is 5.10 Å². The Bertz CT molecular complexity index is 1050. The van der Waals surface area contributed by atoms with Crippen molar-refractivity contribution in [3.63, 3.8) is 0 Å². The van der Waals surface area contributed by atoms with Crippen LogP contribution < -0.4 is 5.32 Å². The molecule has 0 atom stereocenters. The number of aromatic nitrogens is 2. The third-order valence-corrected chi connectivity index (χ3v) is 4.55. The molecular formula is C22H24FN3O2. The van der Waals surface area contributed by atoms with E-state index in [-0.39, 0.29) is 11.0 Å². The number of benzene rings is 2. The monoisotopic (exact) mass is 381 g/mol. The minimum atomic E-state index is -1.20. The molecule has 0 spiro atoms. The van der Waals surface area contributed by atoms with Gasteiger partial charge in [0.15, 0.2) is 0 Å². The molecule has 0 fully saturated rings. The topological polar surface area (TPSA) is 67.2 Å². The number of carbonyl (C=O) groups is 1. The molecule has 2 aromatic carbocycles. The summed E-state index contributed by atoms with van der Waals surface area (Å²) in [6.07, 6.45) is 0. The summed E-state index contributed by atoms with van der Waals surface area (Å²) in [5.74, 6) is -1.18. The van der Waals surface area contributed by atoms with E-state index in [1.807, 2.05) is 38.1 Å². The van der Waals surface area contributed by atoms with Crippen LogP contribution in [0.4, 0.5) is 15.9 Å². The van der Waals surface area contributed by atoms with Crippen molar-refractivity contribution in [2.24, 2.45) is 0 Å². The summed E-state index contributed by atoms with van der Waals surface area (Å²) in [6.45, 7) is 10.2. The number of halogens is 1. The van der Waals surface area contributed by atoms with Crippen molar-refractivity contribution in [3.8, 4) is 5.69 Å². The van der Waals surface area contributed by atoms with E-state index in [9.17, 15) is 14.3 Å². The average Bonchev–Trinajstić information content (AvgIpc) is 3.02. The first kappa shape index (κ1) is 19.6. The van der Waals surface area contributed by atoms with Gasteiger partial charge >= 0.3 is 5.97 Å². The first-order valence-electron chi connectivity index (χ1n) is 9.04. The first-order chi connectivity index (χ1) is 13.1. The number of nitrogens with zero attached hydrogens (tertiary/aromatic N) is 2. The highest BCUT2D eigenvalue weighted by Crippen LogP contribution is 2.30. The molecule has 0 aliphatic carbocycles. The van der Waals surface area contributed by atoms with Crippen LogP contribution in [0.2, 0.25) is 0 Å². The van der Waals surface area contributed by atoms with E-state index in [0.717, 1.165) is 28.6 Å². The van der Waals surface area contributed by atoms with Gasteiger partial charge in [-0.1, -0.05) is 32.9 Å². The van der Waals surface area contributed by atoms with Crippen molar-refractivity contribution in [3.05, 3.63) is 70.7 Å². The summed E-state index contributed by atoms with van der Waals surface area (Å²) in [6, 6.07) is 11.7. The molecule has 146 valence electrons. The highest BCUT2D eigenvalue weighted by atomic mass is 19.1. The van der Waals surface area contributed by atoms with Crippen molar-refractivity contribution in [1.29, 1.82) is 0 Å². The van der Waals surface area contributed by atoms with Crippen LogP contribution in [0.25, 0.3) is 5.69 Å². The van der Waals surface area contributed by atoms with Crippen molar-refractivity contribution >= 4 is 17.5 Å². The molecule has 0 radical (unpaired) electrons. The van der Waals surface area contributed by atoms with Gasteiger partial charge in [0.05, 0.1) is 22.6 Å². The van der Waals surface area contributed by atoms with E-state index in [0.29, 0.717) is 11.5 Å². The SMILES string of the molecule is Cc1ccc(C)c(-n2nc(C(C)(C)C)cc2Nc2ccc(F)cc2C(=O)O)c1.